The lowest BCUT2D eigenvalue weighted by Crippen LogP contribution is -2.55. The molecular formula is C73H116N6O9. The minimum Gasteiger partial charge on any atom is -0.494 e. The Kier molecular flexibility index (Phi) is 29.9. The van der Waals surface area contributed by atoms with Crippen LogP contribution in [0.25, 0.3) is 11.5 Å². The summed E-state index contributed by atoms with van der Waals surface area (Å²) >= 11 is 0. The lowest BCUT2D eigenvalue weighted by atomic mass is 9.74. The predicted octanol–water partition coefficient (Wildman–Crippen LogP) is 14.7. The molecule has 3 N–H and O–H groups in total. The van der Waals surface area contributed by atoms with Crippen LogP contribution in [0.15, 0.2) is 65.1 Å². The Morgan fingerprint density at radius 1 is 0.807 bits per heavy atom. The normalized spacial score (nSPS) is 17.4. The third kappa shape index (κ3) is 19.8. The lowest BCUT2D eigenvalue weighted by molar-refractivity contribution is -0.142. The summed E-state index contributed by atoms with van der Waals surface area (Å²) in [6.45, 7) is 28.8. The van der Waals surface area contributed by atoms with Gasteiger partial charge in [0.05, 0.1) is 36.8 Å². The number of aromatic nitrogens is 3. The van der Waals surface area contributed by atoms with Gasteiger partial charge in [0, 0.05) is 68.7 Å². The van der Waals surface area contributed by atoms with E-state index >= 15 is 0 Å². The van der Waals surface area contributed by atoms with Gasteiger partial charge in [-0.2, -0.15) is 0 Å². The number of hydrogen-bond donors (Lipinski definition) is 3. The van der Waals surface area contributed by atoms with Crippen LogP contribution in [0.4, 0.5) is 0 Å². The minimum absolute atomic E-state index is 0.00532. The third-order valence-corrected chi connectivity index (χ3v) is 20.4. The number of likely N-dealkylation sites (N-methyl/N-ethyl adjacent to an activating group) is 1. The summed E-state index contributed by atoms with van der Waals surface area (Å²) in [6, 6.07) is 19.0. The first-order chi connectivity index (χ1) is 42.0. The quantitative estimate of drug-likeness (QED) is 0.0357. The number of likely N-dealkylation sites (tertiary alicyclic amines) is 1. The van der Waals surface area contributed by atoms with Crippen molar-refractivity contribution < 1.29 is 43.3 Å². The van der Waals surface area contributed by atoms with E-state index in [2.05, 4.69) is 105 Å². The Morgan fingerprint density at radius 3 is 2.10 bits per heavy atom. The molecule has 4 aromatic rings. The van der Waals surface area contributed by atoms with Crippen LogP contribution in [0.1, 0.15) is 221 Å². The minimum atomic E-state index is -0.670. The van der Waals surface area contributed by atoms with Crippen molar-refractivity contribution in [1.29, 1.82) is 0 Å². The molecule has 1 fully saturated rings. The molecule has 1 saturated heterocycles. The largest absolute Gasteiger partial charge is 0.494 e. The molecule has 0 spiro atoms. The molecule has 3 heterocycles. The number of ketones is 2. The van der Waals surface area contributed by atoms with Gasteiger partial charge in [0.2, 0.25) is 23.6 Å². The van der Waals surface area contributed by atoms with E-state index in [9.17, 15) is 29.4 Å². The van der Waals surface area contributed by atoms with E-state index in [1.54, 1.807) is 24.9 Å². The van der Waals surface area contributed by atoms with Crippen molar-refractivity contribution in [3.05, 3.63) is 83.2 Å². The van der Waals surface area contributed by atoms with Crippen molar-refractivity contribution in [2.45, 2.75) is 254 Å². The summed E-state index contributed by atoms with van der Waals surface area (Å²) in [5.41, 5.74) is 3.94. The number of rotatable bonds is 41. The number of nitrogens with one attached hydrogen (secondary N) is 1. The van der Waals surface area contributed by atoms with Crippen molar-refractivity contribution in [3.8, 4) is 23.2 Å². The number of amides is 2. The smallest absolute Gasteiger partial charge is 0.247 e. The topological polar surface area (TPSA) is 190 Å². The second-order valence-corrected chi connectivity index (χ2v) is 27.2. The number of ether oxygens (including phenoxy) is 2. The van der Waals surface area contributed by atoms with Crippen LogP contribution in [-0.2, 0) is 53.5 Å². The first-order valence-corrected chi connectivity index (χ1v) is 34.0. The van der Waals surface area contributed by atoms with Crippen molar-refractivity contribution in [1.82, 2.24) is 29.9 Å². The highest BCUT2D eigenvalue weighted by Crippen LogP contribution is 2.42. The van der Waals surface area contributed by atoms with Gasteiger partial charge in [-0.1, -0.05) is 158 Å². The molecule has 15 nitrogen and oxygen atoms in total. The molecular weight excluding hydrogens is 1100 g/mol. The number of unbranched alkanes of at least 4 members (excludes halogenated alkanes) is 4. The fourth-order valence-corrected chi connectivity index (χ4v) is 13.7. The molecule has 0 aliphatic carbocycles. The average molecular weight is 1220 g/mol. The van der Waals surface area contributed by atoms with Crippen LogP contribution in [0.5, 0.6) is 11.8 Å². The van der Waals surface area contributed by atoms with Crippen LogP contribution in [0.2, 0.25) is 0 Å². The highest BCUT2D eigenvalue weighted by Gasteiger charge is 2.42. The van der Waals surface area contributed by atoms with Crippen LogP contribution >= 0.6 is 0 Å². The lowest BCUT2D eigenvalue weighted by Gasteiger charge is -2.37. The van der Waals surface area contributed by atoms with E-state index in [0.717, 1.165) is 93.7 Å². The fourth-order valence-electron chi connectivity index (χ4n) is 13.7. The fraction of sp³-hybridized carbons (Fsp3) is 0.699. The number of nitrogens with zero attached hydrogens (tertiary/aromatic N) is 5. The zero-order valence-corrected chi connectivity index (χ0v) is 57.1. The zero-order valence-electron chi connectivity index (χ0n) is 57.1. The predicted molar refractivity (Wildman–Crippen MR) is 353 cm³/mol. The summed E-state index contributed by atoms with van der Waals surface area (Å²) < 4.78 is 20.4. The molecule has 5 rings (SSSR count). The van der Waals surface area contributed by atoms with Gasteiger partial charge in [-0.3, -0.25) is 28.6 Å². The molecule has 0 radical (unpaired) electrons. The SMILES string of the molecule is CCCCc1ccc(-c2nnc(C(CCCC(=O)C(C)C(OC)C3CCCN3C(=O)CC(OC)C(CC(C)C(C)C(=O)C(NC(=O)C(C(C)C)N(C)CCCCCCn3c(O)cc(C(C)(CC)CC)c3O)C(C)C)C(C)CC)Cc3ccccc3)o2)cc1. The van der Waals surface area contributed by atoms with Crippen molar-refractivity contribution in [3.63, 3.8) is 0 Å². The maximum Gasteiger partial charge on any atom is 0.247 e. The van der Waals surface area contributed by atoms with Crippen molar-refractivity contribution in [2.75, 3.05) is 34.4 Å². The standard InChI is InChI=1S/C73H116N6O9/c1-17-21-31-54-37-39-56(40-38-54)70-75-76-71(88-70)57(45-55-32-25-24-26-33-55)34-29-36-61(80)53(12)68(87-16)60-35-30-43-78(60)64(82)47-62(86-15)58(50(9)18-2)44-51(10)52(11)67(83)65(48(5)6)74-69(84)66(49(7)8)77(14)41-27-22-23-28-42-79-63(81)46-59(72(79)85)73(13,19-3)20-4/h24-26,32-33,37-40,46,48-53,57-58,60,62,65-66,68,81,85H,17-23,27-31,34-36,41-45,47H2,1-16H3,(H,74,84). The second kappa shape index (κ2) is 35.9. The van der Waals surface area contributed by atoms with Gasteiger partial charge in [0.15, 0.2) is 17.5 Å². The van der Waals surface area contributed by atoms with E-state index in [4.69, 9.17) is 13.9 Å². The Labute approximate surface area is 530 Å². The van der Waals surface area contributed by atoms with Crippen LogP contribution in [-0.4, -0.2) is 123 Å². The Balaban J connectivity index is 1.16. The molecule has 0 saturated carbocycles. The number of carbonyl (C=O) groups excluding carboxylic acids is 4. The first kappa shape index (κ1) is 73.4. The second-order valence-electron chi connectivity index (χ2n) is 27.2. The van der Waals surface area contributed by atoms with Gasteiger partial charge in [-0.15, -0.1) is 10.2 Å². The molecule has 2 amide bonds. The molecule has 1 aliphatic heterocycles. The number of Topliss-reactive ketones (excluding diaryl/α,β-unsaturated/α-hetero) is 2. The van der Waals surface area contributed by atoms with Gasteiger partial charge in [-0.25, -0.2) is 0 Å². The van der Waals surface area contributed by atoms with Crippen LogP contribution in [0.3, 0.4) is 0 Å². The molecule has 0 bridgehead atoms. The molecule has 2 aromatic carbocycles. The van der Waals surface area contributed by atoms with E-state index in [1.165, 1.54) is 5.56 Å². The maximum absolute atomic E-state index is 14.7. The molecule has 11 unspecified atom stereocenters. The number of benzene rings is 2. The summed E-state index contributed by atoms with van der Waals surface area (Å²) in [5, 5.41) is 34.0. The zero-order chi connectivity index (χ0) is 64.8. The monoisotopic (exact) mass is 1220 g/mol. The molecule has 15 heteroatoms. The van der Waals surface area contributed by atoms with Gasteiger partial charge in [-0.05, 0) is 149 Å². The summed E-state index contributed by atoms with van der Waals surface area (Å²) in [6.07, 6.45) is 13.4. The summed E-state index contributed by atoms with van der Waals surface area (Å²) in [7, 11) is 5.32. The Morgan fingerprint density at radius 2 is 1.49 bits per heavy atom. The van der Waals surface area contributed by atoms with Crippen molar-refractivity contribution in [2.24, 2.45) is 41.4 Å². The van der Waals surface area contributed by atoms with E-state index < -0.39 is 30.2 Å². The van der Waals surface area contributed by atoms with Crippen LogP contribution in [0, 0.1) is 41.4 Å². The van der Waals surface area contributed by atoms with Crippen molar-refractivity contribution >= 4 is 23.4 Å². The Hall–Kier alpha value is -5.38. The average Bonchev–Trinajstić information content (AvgIpc) is 1.96. The molecule has 2 aromatic heterocycles. The van der Waals surface area contributed by atoms with E-state index in [0.29, 0.717) is 63.5 Å². The van der Waals surface area contributed by atoms with Gasteiger partial charge < -0.3 is 34.3 Å². The molecule has 1 aliphatic rings. The highest BCUT2D eigenvalue weighted by molar-refractivity contribution is 5.92. The maximum atomic E-state index is 14.7. The number of aromatic hydroxyl groups is 2. The molecule has 88 heavy (non-hydrogen) atoms. The highest BCUT2D eigenvalue weighted by atomic mass is 16.5. The van der Waals surface area contributed by atoms with Gasteiger partial charge >= 0.3 is 0 Å². The number of carbonyl (C=O) groups is 4. The molecule has 11 atom stereocenters. The van der Waals surface area contributed by atoms with Gasteiger partial charge in [0.1, 0.15) is 5.78 Å². The number of hydrogen-bond acceptors (Lipinski definition) is 12. The summed E-state index contributed by atoms with van der Waals surface area (Å²) in [5.74, 6) is 0.360. The summed E-state index contributed by atoms with van der Waals surface area (Å²) in [4.78, 5) is 61.9. The number of aryl methyl sites for hydroxylation is 1. The Bertz CT molecular complexity index is 2720. The molecule has 492 valence electrons. The number of methoxy groups -OCH3 is 2. The third-order valence-electron chi connectivity index (χ3n) is 20.4. The van der Waals surface area contributed by atoms with E-state index in [-0.39, 0.29) is 94.4 Å². The van der Waals surface area contributed by atoms with Gasteiger partial charge in [0.25, 0.3) is 0 Å². The first-order valence-electron chi connectivity index (χ1n) is 34.0. The van der Waals surface area contributed by atoms with E-state index in [1.807, 2.05) is 71.7 Å². The van der Waals surface area contributed by atoms with Crippen LogP contribution < -0.4 is 5.32 Å².